The molecule has 0 aliphatic carbocycles. The molecule has 1 aromatic heterocycles. The van der Waals surface area contributed by atoms with E-state index in [0.717, 1.165) is 0 Å². The van der Waals surface area contributed by atoms with E-state index in [-0.39, 0.29) is 23.8 Å². The molecule has 5 aliphatic heterocycles. The Labute approximate surface area is 181 Å². The van der Waals surface area contributed by atoms with Crippen LogP contribution in [0.3, 0.4) is 0 Å². The first kappa shape index (κ1) is 18.1. The summed E-state index contributed by atoms with van der Waals surface area (Å²) in [6.07, 6.45) is -1.58. The number of nitrogens with zero attached hydrogens (tertiary/aromatic N) is 4. The lowest BCUT2D eigenvalue weighted by atomic mass is 9.83. The second-order valence-electron chi connectivity index (χ2n) is 8.94. The van der Waals surface area contributed by atoms with Gasteiger partial charge in [-0.15, -0.1) is 0 Å². The number of carbonyl (C=O) groups is 2. The smallest absolute Gasteiger partial charge is 0.262 e. The van der Waals surface area contributed by atoms with E-state index in [9.17, 15) is 19.5 Å². The molecule has 0 unspecified atom stereocenters. The molecule has 2 bridgehead atoms. The van der Waals surface area contributed by atoms with Crippen LogP contribution < -0.4 is 15.8 Å². The number of carbonyl (C=O) groups excluding carboxylic acids is 2. The molecule has 2 aromatic carbocycles. The number of fused-ring (bicyclic) bond motifs is 4. The first-order valence-electron chi connectivity index (χ1n) is 10.7. The topological polar surface area (TPSA) is 108 Å². The number of rotatable bonds is 0. The molecule has 9 heteroatoms. The zero-order valence-electron chi connectivity index (χ0n) is 17.1. The monoisotopic (exact) mass is 429 g/mol. The standard InChI is InChI=1S/C23H19N5O4/c1-11-20(30)28-15-9-5-3-7-13(15)23(32)10-16-19(29)25-18(26(11)22(23)28)17-24-14-8-4-2-6-12(14)21(31)27(16)17/h2-9,11,16,18,22,32H,10H2,1H3,(H,25,29)/t11-,16-,18-,22-,23-/m0/s1. The highest BCUT2D eigenvalue weighted by atomic mass is 16.3. The number of hydrogen-bond donors (Lipinski definition) is 2. The highest BCUT2D eigenvalue weighted by Gasteiger charge is 2.66. The maximum Gasteiger partial charge on any atom is 0.262 e. The van der Waals surface area contributed by atoms with Crippen LogP contribution in [0.1, 0.15) is 36.9 Å². The van der Waals surface area contributed by atoms with Gasteiger partial charge in [0.2, 0.25) is 11.8 Å². The largest absolute Gasteiger partial charge is 0.381 e. The van der Waals surface area contributed by atoms with Crippen molar-refractivity contribution in [2.45, 2.75) is 43.4 Å². The summed E-state index contributed by atoms with van der Waals surface area (Å²) in [5.74, 6) is -0.137. The van der Waals surface area contributed by atoms with E-state index in [1.54, 1.807) is 41.0 Å². The van der Waals surface area contributed by atoms with Gasteiger partial charge in [0.15, 0.2) is 5.82 Å². The number of aromatic nitrogens is 2. The molecule has 160 valence electrons. The fraction of sp³-hybridized carbons (Fsp3) is 0.304. The number of nitrogens with one attached hydrogen (secondary N) is 1. The number of hydrogen-bond acceptors (Lipinski definition) is 6. The quantitative estimate of drug-likeness (QED) is 0.546. The van der Waals surface area contributed by atoms with Crippen molar-refractivity contribution >= 4 is 28.4 Å². The minimum absolute atomic E-state index is 0.0485. The predicted octanol–water partition coefficient (Wildman–Crippen LogP) is 0.734. The van der Waals surface area contributed by atoms with E-state index in [4.69, 9.17) is 4.98 Å². The molecule has 2 N–H and O–H groups in total. The molecule has 0 radical (unpaired) electrons. The summed E-state index contributed by atoms with van der Waals surface area (Å²) in [6, 6.07) is 12.7. The Hall–Kier alpha value is -3.56. The number of anilines is 1. The van der Waals surface area contributed by atoms with Crippen LogP contribution in [0, 0.1) is 0 Å². The van der Waals surface area contributed by atoms with Gasteiger partial charge in [0.25, 0.3) is 5.56 Å². The first-order valence-corrected chi connectivity index (χ1v) is 10.7. The van der Waals surface area contributed by atoms with Crippen molar-refractivity contribution in [3.63, 3.8) is 0 Å². The maximum absolute atomic E-state index is 13.5. The third-order valence-corrected chi connectivity index (χ3v) is 7.40. The zero-order chi connectivity index (χ0) is 21.9. The second-order valence-corrected chi connectivity index (χ2v) is 8.94. The van der Waals surface area contributed by atoms with E-state index in [1.165, 1.54) is 4.57 Å². The molecule has 2 saturated heterocycles. The lowest BCUT2D eigenvalue weighted by molar-refractivity contribution is -0.144. The van der Waals surface area contributed by atoms with Crippen LogP contribution in [0.2, 0.25) is 0 Å². The van der Waals surface area contributed by atoms with Crippen LogP contribution in [0.15, 0.2) is 53.3 Å². The molecule has 2 fully saturated rings. The van der Waals surface area contributed by atoms with Crippen LogP contribution in [0.25, 0.3) is 10.9 Å². The summed E-state index contributed by atoms with van der Waals surface area (Å²) in [6.45, 7) is 1.76. The van der Waals surface area contributed by atoms with Gasteiger partial charge in [0, 0.05) is 12.0 Å². The molecule has 32 heavy (non-hydrogen) atoms. The molecule has 3 aromatic rings. The van der Waals surface area contributed by atoms with Crippen LogP contribution in [-0.4, -0.2) is 43.6 Å². The maximum atomic E-state index is 13.5. The zero-order valence-corrected chi connectivity index (χ0v) is 17.1. The average Bonchev–Trinajstić information content (AvgIpc) is 3.19. The van der Waals surface area contributed by atoms with Gasteiger partial charge in [-0.3, -0.25) is 23.9 Å². The molecule has 6 heterocycles. The minimum Gasteiger partial charge on any atom is -0.381 e. The molecule has 2 amide bonds. The van der Waals surface area contributed by atoms with Crippen molar-refractivity contribution < 1.29 is 14.7 Å². The first-order chi connectivity index (χ1) is 15.4. The molecule has 0 spiro atoms. The van der Waals surface area contributed by atoms with E-state index >= 15 is 0 Å². The van der Waals surface area contributed by atoms with Crippen LogP contribution in [0.4, 0.5) is 5.69 Å². The van der Waals surface area contributed by atoms with Crippen molar-refractivity contribution in [1.82, 2.24) is 19.8 Å². The van der Waals surface area contributed by atoms with E-state index in [1.807, 2.05) is 24.3 Å². The Morgan fingerprint density at radius 2 is 1.84 bits per heavy atom. The van der Waals surface area contributed by atoms with Gasteiger partial charge >= 0.3 is 0 Å². The lowest BCUT2D eigenvalue weighted by Gasteiger charge is -2.48. The third-order valence-electron chi connectivity index (χ3n) is 7.40. The van der Waals surface area contributed by atoms with Gasteiger partial charge in [-0.25, -0.2) is 9.88 Å². The van der Waals surface area contributed by atoms with Crippen LogP contribution >= 0.6 is 0 Å². The van der Waals surface area contributed by atoms with Gasteiger partial charge in [0.1, 0.15) is 24.0 Å². The molecular formula is C23H19N5O4. The number of aliphatic hydroxyl groups is 1. The number of benzene rings is 2. The lowest BCUT2D eigenvalue weighted by Crippen LogP contribution is -2.63. The van der Waals surface area contributed by atoms with Crippen molar-refractivity contribution in [2.24, 2.45) is 0 Å². The Bertz CT molecular complexity index is 1430. The minimum atomic E-state index is -1.51. The number of amides is 2. The summed E-state index contributed by atoms with van der Waals surface area (Å²) in [5, 5.41) is 15.5. The van der Waals surface area contributed by atoms with Crippen LogP contribution in [0.5, 0.6) is 0 Å². The summed E-state index contributed by atoms with van der Waals surface area (Å²) in [4.78, 5) is 48.3. The number of para-hydroxylation sites is 2. The predicted molar refractivity (Wildman–Crippen MR) is 113 cm³/mol. The van der Waals surface area contributed by atoms with Gasteiger partial charge in [-0.1, -0.05) is 30.3 Å². The van der Waals surface area contributed by atoms with Gasteiger partial charge in [0.05, 0.1) is 22.6 Å². The molecule has 5 aliphatic rings. The van der Waals surface area contributed by atoms with Gasteiger partial charge in [-0.2, -0.15) is 0 Å². The summed E-state index contributed by atoms with van der Waals surface area (Å²) < 4.78 is 1.42. The SMILES string of the molecule is C[C@H]1C(=O)N2c3ccccc3[C@@]3(O)C[C@H]4C(=O)N[C@H](c5nc6ccccc6c(=O)n54)N1[C@@H]23. The molecule has 9 nitrogen and oxygen atoms in total. The fourth-order valence-corrected chi connectivity index (χ4v) is 6.03. The van der Waals surface area contributed by atoms with Crippen LogP contribution in [-0.2, 0) is 15.2 Å². The van der Waals surface area contributed by atoms with Gasteiger partial charge < -0.3 is 10.4 Å². The Kier molecular flexibility index (Phi) is 3.17. The highest BCUT2D eigenvalue weighted by Crippen LogP contribution is 2.55. The van der Waals surface area contributed by atoms with E-state index < -0.39 is 30.0 Å². The third kappa shape index (κ3) is 1.88. The Balaban J connectivity index is 1.58. The van der Waals surface area contributed by atoms with Crippen molar-refractivity contribution in [3.8, 4) is 0 Å². The highest BCUT2D eigenvalue weighted by molar-refractivity contribution is 6.03. The van der Waals surface area contributed by atoms with Crippen molar-refractivity contribution in [1.29, 1.82) is 0 Å². The van der Waals surface area contributed by atoms with E-state index in [2.05, 4.69) is 5.32 Å². The second kappa shape index (κ2) is 5.62. The average molecular weight is 429 g/mol. The summed E-state index contributed by atoms with van der Waals surface area (Å²) >= 11 is 0. The van der Waals surface area contributed by atoms with E-state index in [0.29, 0.717) is 28.0 Å². The van der Waals surface area contributed by atoms with Gasteiger partial charge in [-0.05, 0) is 25.1 Å². The van der Waals surface area contributed by atoms with Crippen molar-refractivity contribution in [2.75, 3.05) is 4.90 Å². The Morgan fingerprint density at radius 1 is 1.09 bits per heavy atom. The normalized spacial score (nSPS) is 32.4. The molecular weight excluding hydrogens is 410 g/mol. The summed E-state index contributed by atoms with van der Waals surface area (Å²) in [7, 11) is 0. The molecule has 5 atom stereocenters. The Morgan fingerprint density at radius 3 is 2.69 bits per heavy atom. The summed E-state index contributed by atoms with van der Waals surface area (Å²) in [5.41, 5.74) is -0.0647. The fourth-order valence-electron chi connectivity index (χ4n) is 6.03. The molecule has 0 saturated carbocycles. The van der Waals surface area contributed by atoms with Crippen molar-refractivity contribution in [3.05, 3.63) is 70.3 Å². The molecule has 8 rings (SSSR count).